The first-order valence-electron chi connectivity index (χ1n) is 9.18. The van der Waals surface area contributed by atoms with E-state index in [0.29, 0.717) is 16.3 Å². The second-order valence-electron chi connectivity index (χ2n) is 6.47. The average Bonchev–Trinajstić information content (AvgIpc) is 3.25. The number of rotatable bonds is 8. The molecule has 0 bridgehead atoms. The molecule has 0 aliphatic carbocycles. The van der Waals surface area contributed by atoms with Crippen molar-refractivity contribution in [3.63, 3.8) is 0 Å². The summed E-state index contributed by atoms with van der Waals surface area (Å²) < 4.78 is 0. The van der Waals surface area contributed by atoms with E-state index in [-0.39, 0.29) is 29.2 Å². The van der Waals surface area contributed by atoms with Crippen molar-refractivity contribution in [3.8, 4) is 0 Å². The van der Waals surface area contributed by atoms with Crippen molar-refractivity contribution in [2.24, 2.45) is 0 Å². The van der Waals surface area contributed by atoms with Crippen molar-refractivity contribution >= 4 is 57.9 Å². The molecule has 3 N–H and O–H groups in total. The summed E-state index contributed by atoms with van der Waals surface area (Å²) in [5, 5.41) is 10.2. The first kappa shape index (κ1) is 21.6. The Labute approximate surface area is 183 Å². The van der Waals surface area contributed by atoms with Crippen LogP contribution in [-0.4, -0.2) is 29.2 Å². The summed E-state index contributed by atoms with van der Waals surface area (Å²) in [4.78, 5) is 36.9. The van der Waals surface area contributed by atoms with Crippen LogP contribution >= 0.6 is 23.1 Å². The van der Waals surface area contributed by atoms with E-state index >= 15 is 0 Å². The fraction of sp³-hybridized carbons (Fsp3) is 0.136. The molecule has 0 radical (unpaired) electrons. The Kier molecular flexibility index (Phi) is 7.64. The number of nitrogens with one attached hydrogen (secondary N) is 3. The first-order valence-corrected chi connectivity index (χ1v) is 11.2. The van der Waals surface area contributed by atoms with Gasteiger partial charge in [-0.3, -0.25) is 14.4 Å². The van der Waals surface area contributed by atoms with E-state index in [1.807, 2.05) is 42.6 Å². The normalized spacial score (nSPS) is 10.3. The van der Waals surface area contributed by atoms with Gasteiger partial charge in [-0.2, -0.15) is 0 Å². The van der Waals surface area contributed by atoms with E-state index in [1.54, 1.807) is 30.3 Å². The van der Waals surface area contributed by atoms with Gasteiger partial charge in [0.25, 0.3) is 5.91 Å². The van der Waals surface area contributed by atoms with Crippen molar-refractivity contribution in [1.29, 1.82) is 0 Å². The zero-order valence-corrected chi connectivity index (χ0v) is 17.9. The molecule has 0 spiro atoms. The van der Waals surface area contributed by atoms with Gasteiger partial charge < -0.3 is 16.0 Å². The number of hydrogen-bond acceptors (Lipinski definition) is 5. The molecule has 30 heavy (non-hydrogen) atoms. The Morgan fingerprint density at radius 2 is 1.43 bits per heavy atom. The predicted molar refractivity (Wildman–Crippen MR) is 124 cm³/mol. The summed E-state index contributed by atoms with van der Waals surface area (Å²) in [6, 6.07) is 18.0. The van der Waals surface area contributed by atoms with E-state index in [0.717, 1.165) is 11.3 Å². The number of benzene rings is 2. The Morgan fingerprint density at radius 1 is 0.800 bits per heavy atom. The smallest absolute Gasteiger partial charge is 0.265 e. The quantitative estimate of drug-likeness (QED) is 0.478. The zero-order valence-electron chi connectivity index (χ0n) is 16.3. The van der Waals surface area contributed by atoms with Crippen molar-refractivity contribution in [3.05, 3.63) is 76.5 Å². The van der Waals surface area contributed by atoms with Gasteiger partial charge in [-0.1, -0.05) is 29.8 Å². The molecule has 1 aromatic heterocycles. The number of thiophene rings is 1. The highest BCUT2D eigenvalue weighted by atomic mass is 32.2. The number of hydrogen-bond donors (Lipinski definition) is 3. The van der Waals surface area contributed by atoms with Crippen LogP contribution < -0.4 is 16.0 Å². The number of carbonyl (C=O) groups is 3. The maximum atomic E-state index is 12.2. The monoisotopic (exact) mass is 439 g/mol. The molecule has 3 rings (SSSR count). The number of aryl methyl sites for hydroxylation is 1. The Morgan fingerprint density at radius 3 is 2.07 bits per heavy atom. The van der Waals surface area contributed by atoms with Crippen molar-refractivity contribution in [1.82, 2.24) is 0 Å². The zero-order chi connectivity index (χ0) is 21.3. The molecule has 2 aromatic carbocycles. The van der Waals surface area contributed by atoms with Gasteiger partial charge in [-0.05, 0) is 48.7 Å². The molecule has 0 saturated heterocycles. The lowest BCUT2D eigenvalue weighted by Crippen LogP contribution is -2.18. The molecule has 0 aliphatic heterocycles. The molecule has 3 aromatic rings. The molecular weight excluding hydrogens is 418 g/mol. The van der Waals surface area contributed by atoms with Crippen molar-refractivity contribution in [2.45, 2.75) is 6.92 Å². The minimum Gasteiger partial charge on any atom is -0.325 e. The topological polar surface area (TPSA) is 87.3 Å². The molecule has 0 atom stereocenters. The second kappa shape index (κ2) is 10.6. The molecule has 0 saturated carbocycles. The van der Waals surface area contributed by atoms with Gasteiger partial charge in [-0.15, -0.1) is 23.1 Å². The summed E-state index contributed by atoms with van der Waals surface area (Å²) in [5.41, 5.74) is 3.02. The van der Waals surface area contributed by atoms with Crippen LogP contribution in [0.1, 0.15) is 15.2 Å². The van der Waals surface area contributed by atoms with E-state index in [1.165, 1.54) is 23.1 Å². The van der Waals surface area contributed by atoms with Gasteiger partial charge in [0.05, 0.1) is 16.4 Å². The van der Waals surface area contributed by atoms with Gasteiger partial charge in [0.1, 0.15) is 0 Å². The van der Waals surface area contributed by atoms with E-state index in [9.17, 15) is 14.4 Å². The lowest BCUT2D eigenvalue weighted by Gasteiger charge is -2.09. The molecule has 154 valence electrons. The number of anilines is 3. The van der Waals surface area contributed by atoms with E-state index in [4.69, 9.17) is 0 Å². The van der Waals surface area contributed by atoms with Crippen LogP contribution in [0, 0.1) is 6.92 Å². The largest absolute Gasteiger partial charge is 0.325 e. The van der Waals surface area contributed by atoms with Crippen LogP contribution in [0.3, 0.4) is 0 Å². The summed E-state index contributed by atoms with van der Waals surface area (Å²) in [5.74, 6) is -0.242. The number of amides is 3. The SMILES string of the molecule is Cc1ccc(NC(=O)CSCC(=O)Nc2cccc(NC(=O)c3cccs3)c2)cc1. The fourth-order valence-corrected chi connectivity index (χ4v) is 3.78. The summed E-state index contributed by atoms with van der Waals surface area (Å²) in [6.45, 7) is 1.98. The highest BCUT2D eigenvalue weighted by Gasteiger charge is 2.09. The lowest BCUT2D eigenvalue weighted by atomic mass is 10.2. The van der Waals surface area contributed by atoms with Crippen LogP contribution in [0.2, 0.25) is 0 Å². The molecular formula is C22H21N3O3S2. The standard InChI is InChI=1S/C22H21N3O3S2/c1-15-7-9-16(10-8-15)23-20(26)13-29-14-21(27)24-17-4-2-5-18(12-17)25-22(28)19-6-3-11-30-19/h2-12H,13-14H2,1H3,(H,23,26)(H,24,27)(H,25,28). The third-order valence-corrected chi connectivity index (χ3v) is 5.75. The van der Waals surface area contributed by atoms with Crippen molar-refractivity contribution < 1.29 is 14.4 Å². The summed E-state index contributed by atoms with van der Waals surface area (Å²) in [7, 11) is 0. The van der Waals surface area contributed by atoms with Crippen LogP contribution in [0.4, 0.5) is 17.1 Å². The number of carbonyl (C=O) groups excluding carboxylic acids is 3. The van der Waals surface area contributed by atoms with Gasteiger partial charge in [0, 0.05) is 17.1 Å². The summed E-state index contributed by atoms with van der Waals surface area (Å²) in [6.07, 6.45) is 0. The van der Waals surface area contributed by atoms with E-state index in [2.05, 4.69) is 16.0 Å². The lowest BCUT2D eigenvalue weighted by molar-refractivity contribution is -0.114. The van der Waals surface area contributed by atoms with Gasteiger partial charge in [0.15, 0.2) is 0 Å². The summed E-state index contributed by atoms with van der Waals surface area (Å²) >= 11 is 2.59. The minimum atomic E-state index is -0.218. The van der Waals surface area contributed by atoms with Crippen LogP contribution in [-0.2, 0) is 9.59 Å². The Bertz CT molecular complexity index is 1020. The highest BCUT2D eigenvalue weighted by Crippen LogP contribution is 2.18. The van der Waals surface area contributed by atoms with Crippen molar-refractivity contribution in [2.75, 3.05) is 27.5 Å². The van der Waals surface area contributed by atoms with E-state index < -0.39 is 0 Å². The maximum Gasteiger partial charge on any atom is 0.265 e. The molecule has 0 unspecified atom stereocenters. The Hall–Kier alpha value is -3.10. The predicted octanol–water partition coefficient (Wildman–Crippen LogP) is 4.62. The van der Waals surface area contributed by atoms with Gasteiger partial charge in [0.2, 0.25) is 11.8 Å². The third-order valence-electron chi connectivity index (χ3n) is 3.95. The molecule has 1 heterocycles. The molecule has 8 heteroatoms. The third kappa shape index (κ3) is 6.75. The highest BCUT2D eigenvalue weighted by molar-refractivity contribution is 8.00. The second-order valence-corrected chi connectivity index (χ2v) is 8.40. The molecule has 3 amide bonds. The first-order chi connectivity index (χ1) is 14.5. The van der Waals surface area contributed by atoms with Gasteiger partial charge in [-0.25, -0.2) is 0 Å². The van der Waals surface area contributed by atoms with Crippen LogP contribution in [0.5, 0.6) is 0 Å². The Balaban J connectivity index is 1.42. The van der Waals surface area contributed by atoms with Gasteiger partial charge >= 0.3 is 0 Å². The average molecular weight is 440 g/mol. The minimum absolute atomic E-state index is 0.146. The van der Waals surface area contributed by atoms with Crippen LogP contribution in [0.15, 0.2) is 66.0 Å². The molecule has 0 fully saturated rings. The maximum absolute atomic E-state index is 12.2. The molecule has 0 aliphatic rings. The fourth-order valence-electron chi connectivity index (χ4n) is 2.54. The number of thioether (sulfide) groups is 1. The molecule has 6 nitrogen and oxygen atoms in total. The van der Waals surface area contributed by atoms with Crippen LogP contribution in [0.25, 0.3) is 0 Å².